The van der Waals surface area contributed by atoms with E-state index in [1.165, 1.54) is 27.7 Å². The van der Waals surface area contributed by atoms with Crippen LogP contribution in [0.4, 0.5) is 0 Å². The quantitative estimate of drug-likeness (QED) is 0.346. The summed E-state index contributed by atoms with van der Waals surface area (Å²) in [5.74, 6) is -0.750. The summed E-state index contributed by atoms with van der Waals surface area (Å²) in [5.41, 5.74) is 0. The average Bonchev–Trinajstić information content (AvgIpc) is 2.15. The van der Waals surface area contributed by atoms with E-state index in [4.69, 9.17) is 0 Å². The molecule has 0 aliphatic rings. The molecular formula is C13H20O6Ti. The van der Waals surface area contributed by atoms with Crippen LogP contribution in [0.1, 0.15) is 34.1 Å². The SMILES string of the molecule is CC(=O)[CH-]C(C)=O.CC(=O)[CH-]C(C)=O.[O-]CCC[O-].[Ti+4]. The Labute approximate surface area is 134 Å². The third kappa shape index (κ3) is 53.6. The Morgan fingerprint density at radius 2 is 0.900 bits per heavy atom. The van der Waals surface area contributed by atoms with Crippen LogP contribution in [0.5, 0.6) is 0 Å². The van der Waals surface area contributed by atoms with Crippen LogP contribution in [0, 0.1) is 12.8 Å². The summed E-state index contributed by atoms with van der Waals surface area (Å²) in [4.78, 5) is 39.9. The van der Waals surface area contributed by atoms with Gasteiger partial charge >= 0.3 is 21.7 Å². The van der Waals surface area contributed by atoms with Crippen LogP contribution in [0.25, 0.3) is 0 Å². The van der Waals surface area contributed by atoms with Gasteiger partial charge in [-0.05, 0) is 27.7 Å². The number of carbonyl (C=O) groups excluding carboxylic acids is 4. The van der Waals surface area contributed by atoms with Crippen molar-refractivity contribution in [3.05, 3.63) is 12.8 Å². The van der Waals surface area contributed by atoms with Crippen molar-refractivity contribution in [2.75, 3.05) is 13.2 Å². The Kier molecular flexibility index (Phi) is 27.9. The molecule has 0 saturated carbocycles. The van der Waals surface area contributed by atoms with E-state index in [1.807, 2.05) is 0 Å². The topological polar surface area (TPSA) is 114 Å². The van der Waals surface area contributed by atoms with E-state index >= 15 is 0 Å². The van der Waals surface area contributed by atoms with E-state index in [2.05, 4.69) is 0 Å². The van der Waals surface area contributed by atoms with Crippen molar-refractivity contribution in [2.24, 2.45) is 0 Å². The minimum absolute atomic E-state index is 0. The second-order valence-electron chi connectivity index (χ2n) is 3.49. The smallest absolute Gasteiger partial charge is 0.854 e. The fourth-order valence-corrected chi connectivity index (χ4v) is 0.631. The maximum atomic E-state index is 9.98. The molecule has 0 aliphatic heterocycles. The summed E-state index contributed by atoms with van der Waals surface area (Å²) < 4.78 is 0. The first-order valence-electron chi connectivity index (χ1n) is 5.55. The van der Waals surface area contributed by atoms with Gasteiger partial charge in [-0.2, -0.15) is 0 Å². The molecule has 0 bridgehead atoms. The van der Waals surface area contributed by atoms with Gasteiger partial charge in [-0.1, -0.05) is 6.42 Å². The molecule has 0 atom stereocenters. The van der Waals surface area contributed by atoms with E-state index in [9.17, 15) is 29.4 Å². The molecule has 0 aromatic heterocycles. The molecule has 0 unspecified atom stereocenters. The monoisotopic (exact) mass is 320 g/mol. The third-order valence-electron chi connectivity index (χ3n) is 1.10. The van der Waals surface area contributed by atoms with Gasteiger partial charge in [-0.3, -0.25) is 12.8 Å². The fraction of sp³-hybridized carbons (Fsp3) is 0.538. The maximum absolute atomic E-state index is 9.98. The molecule has 0 saturated heterocycles. The molecule has 0 amide bonds. The van der Waals surface area contributed by atoms with E-state index in [0.717, 1.165) is 12.8 Å². The Morgan fingerprint density at radius 3 is 0.900 bits per heavy atom. The van der Waals surface area contributed by atoms with Gasteiger partial charge in [0.1, 0.15) is 0 Å². The zero-order valence-electron chi connectivity index (χ0n) is 12.2. The molecule has 0 fully saturated rings. The van der Waals surface area contributed by atoms with Crippen molar-refractivity contribution >= 4 is 23.1 Å². The largest absolute Gasteiger partial charge is 4.00 e. The minimum atomic E-state index is -0.219. The summed E-state index contributed by atoms with van der Waals surface area (Å²) in [6.45, 7) is 4.96. The third-order valence-corrected chi connectivity index (χ3v) is 1.10. The van der Waals surface area contributed by atoms with Gasteiger partial charge in [0.05, 0.1) is 0 Å². The molecule has 0 aromatic rings. The summed E-state index contributed by atoms with van der Waals surface area (Å²) >= 11 is 0. The predicted molar refractivity (Wildman–Crippen MR) is 65.7 cm³/mol. The van der Waals surface area contributed by atoms with Gasteiger partial charge in [0, 0.05) is 23.1 Å². The first kappa shape index (κ1) is 27.4. The van der Waals surface area contributed by atoms with Gasteiger partial charge in [0.25, 0.3) is 0 Å². The van der Waals surface area contributed by atoms with E-state index in [1.54, 1.807) is 0 Å². The predicted octanol–water partition coefficient (Wildman–Crippen LogP) is -1.17. The van der Waals surface area contributed by atoms with Crippen LogP contribution in [0.15, 0.2) is 0 Å². The van der Waals surface area contributed by atoms with Gasteiger partial charge in [0.2, 0.25) is 0 Å². The molecule has 0 N–H and O–H groups in total. The number of ketones is 4. The van der Waals surface area contributed by atoms with Crippen LogP contribution >= 0.6 is 0 Å². The molecule has 6 nitrogen and oxygen atoms in total. The second-order valence-corrected chi connectivity index (χ2v) is 3.49. The van der Waals surface area contributed by atoms with Crippen LogP contribution in [-0.4, -0.2) is 36.3 Å². The molecule has 7 heteroatoms. The molecular weight excluding hydrogens is 300 g/mol. The molecule has 0 aromatic carbocycles. The number of Topliss-reactive ketones (excluding diaryl/α,β-unsaturated/α-hetero) is 4. The second kappa shape index (κ2) is 20.4. The molecule has 0 aliphatic carbocycles. The van der Waals surface area contributed by atoms with E-state index in [0.29, 0.717) is 0 Å². The van der Waals surface area contributed by atoms with Crippen molar-refractivity contribution in [2.45, 2.75) is 34.1 Å². The zero-order valence-corrected chi connectivity index (χ0v) is 13.8. The van der Waals surface area contributed by atoms with Crippen molar-refractivity contribution in [3.8, 4) is 0 Å². The van der Waals surface area contributed by atoms with Gasteiger partial charge in [0.15, 0.2) is 0 Å². The number of hydrogen-bond donors (Lipinski definition) is 0. The van der Waals surface area contributed by atoms with E-state index in [-0.39, 0.29) is 64.5 Å². The summed E-state index contributed by atoms with van der Waals surface area (Å²) in [6, 6.07) is 0. The Balaban J connectivity index is -0.0000000952. The van der Waals surface area contributed by atoms with Crippen LogP contribution in [0.3, 0.4) is 0 Å². The molecule has 0 radical (unpaired) electrons. The summed E-state index contributed by atoms with van der Waals surface area (Å²) in [6.07, 6.45) is 2.39. The number of carbonyl (C=O) groups is 4. The summed E-state index contributed by atoms with van der Waals surface area (Å²) in [5, 5.41) is 18.7. The van der Waals surface area contributed by atoms with Crippen molar-refractivity contribution in [1.82, 2.24) is 0 Å². The average molecular weight is 320 g/mol. The van der Waals surface area contributed by atoms with Crippen molar-refractivity contribution in [3.63, 3.8) is 0 Å². The van der Waals surface area contributed by atoms with Crippen LogP contribution in [-0.2, 0) is 40.9 Å². The first-order chi connectivity index (χ1) is 8.67. The first-order valence-corrected chi connectivity index (χ1v) is 5.55. The van der Waals surface area contributed by atoms with Gasteiger partial charge in [-0.25, -0.2) is 0 Å². The minimum Gasteiger partial charge on any atom is -0.854 e. The number of hydrogen-bond acceptors (Lipinski definition) is 6. The summed E-state index contributed by atoms with van der Waals surface area (Å²) in [7, 11) is 0. The maximum Gasteiger partial charge on any atom is 4.00 e. The Morgan fingerprint density at radius 1 is 0.700 bits per heavy atom. The Bertz CT molecular complexity index is 237. The molecule has 112 valence electrons. The van der Waals surface area contributed by atoms with Crippen molar-refractivity contribution in [1.29, 1.82) is 0 Å². The zero-order chi connectivity index (χ0) is 15.8. The Hall–Kier alpha value is -0.946. The molecule has 20 heavy (non-hydrogen) atoms. The van der Waals surface area contributed by atoms with Gasteiger partial charge < -0.3 is 29.4 Å². The fourth-order valence-electron chi connectivity index (χ4n) is 0.631. The van der Waals surface area contributed by atoms with Crippen LogP contribution < -0.4 is 10.2 Å². The number of rotatable bonds is 6. The molecule has 0 spiro atoms. The molecule has 0 rings (SSSR count). The molecule has 0 heterocycles. The van der Waals surface area contributed by atoms with Crippen LogP contribution in [0.2, 0.25) is 0 Å². The van der Waals surface area contributed by atoms with E-state index < -0.39 is 0 Å². The normalized spacial score (nSPS) is 7.50. The van der Waals surface area contributed by atoms with Gasteiger partial charge in [-0.15, -0.1) is 13.2 Å². The standard InChI is InChI=1S/2C5H7O2.C3H6O2.Ti/c2*1-4(6)3-5(2)7;4-2-1-3-5;/h2*3H,1-2H3;1-3H2;/q2*-1;-2;+4. The van der Waals surface area contributed by atoms with Crippen molar-refractivity contribution < 1.29 is 51.1 Å².